The molecule has 9 heteroatoms. The van der Waals surface area contributed by atoms with Crippen molar-refractivity contribution in [3.63, 3.8) is 0 Å². The lowest BCUT2D eigenvalue weighted by Crippen LogP contribution is -2.43. The minimum Gasteiger partial charge on any atom is -0.493 e. The molecule has 1 aliphatic heterocycles. The summed E-state index contributed by atoms with van der Waals surface area (Å²) < 4.78 is 39.9. The van der Waals surface area contributed by atoms with Crippen LogP contribution in [0.25, 0.3) is 0 Å². The highest BCUT2D eigenvalue weighted by Gasteiger charge is 2.27. The Morgan fingerprint density at radius 2 is 1.82 bits per heavy atom. The average Bonchev–Trinajstić information content (AvgIpc) is 2.83. The smallest absolute Gasteiger partial charge is 0.387 e. The van der Waals surface area contributed by atoms with Gasteiger partial charge in [0.2, 0.25) is 11.8 Å². The lowest BCUT2D eigenvalue weighted by atomic mass is 9.95. The molecule has 1 saturated heterocycles. The lowest BCUT2D eigenvalue weighted by molar-refractivity contribution is -0.136. The minimum atomic E-state index is -2.95. The van der Waals surface area contributed by atoms with E-state index in [1.54, 1.807) is 17.0 Å². The summed E-state index contributed by atoms with van der Waals surface area (Å²) in [5.41, 5.74) is 0.702. The largest absolute Gasteiger partial charge is 0.493 e. The fourth-order valence-corrected chi connectivity index (χ4v) is 3.67. The maximum Gasteiger partial charge on any atom is 0.387 e. The van der Waals surface area contributed by atoms with Crippen LogP contribution in [0.2, 0.25) is 0 Å². The number of amides is 2. The second kappa shape index (κ2) is 12.0. The number of hydrogen-bond donors (Lipinski definition) is 1. The third kappa shape index (κ3) is 7.34. The van der Waals surface area contributed by atoms with Crippen LogP contribution in [0.3, 0.4) is 0 Å². The first kappa shape index (κ1) is 24.3. The number of carbonyl (C=O) groups is 2. The van der Waals surface area contributed by atoms with Gasteiger partial charge in [0.05, 0.1) is 20.1 Å². The first-order valence-corrected chi connectivity index (χ1v) is 10.8. The van der Waals surface area contributed by atoms with E-state index in [2.05, 4.69) is 10.1 Å². The third-order valence-electron chi connectivity index (χ3n) is 5.46. The summed E-state index contributed by atoms with van der Waals surface area (Å²) in [6, 6.07) is 13.9. The first-order chi connectivity index (χ1) is 16.0. The molecular formula is C24H28F2N2O5. The summed E-state index contributed by atoms with van der Waals surface area (Å²) in [5.74, 6) is 0.579. The van der Waals surface area contributed by atoms with Gasteiger partial charge in [-0.1, -0.05) is 24.3 Å². The molecular weight excluding hydrogens is 434 g/mol. The number of methoxy groups -OCH3 is 1. The number of piperidine rings is 1. The molecule has 1 N–H and O–H groups in total. The van der Waals surface area contributed by atoms with Crippen LogP contribution in [-0.2, 0) is 16.1 Å². The quantitative estimate of drug-likeness (QED) is 0.584. The number of halogens is 2. The Balaban J connectivity index is 1.39. The maximum atomic E-state index is 12.6. The molecule has 0 aromatic heterocycles. The fourth-order valence-electron chi connectivity index (χ4n) is 3.67. The van der Waals surface area contributed by atoms with Crippen molar-refractivity contribution < 1.29 is 32.6 Å². The van der Waals surface area contributed by atoms with Crippen LogP contribution in [0, 0.1) is 5.92 Å². The van der Waals surface area contributed by atoms with Gasteiger partial charge in [0.25, 0.3) is 0 Å². The summed E-state index contributed by atoms with van der Waals surface area (Å²) in [6.45, 7) is -1.35. The predicted molar refractivity (Wildman–Crippen MR) is 117 cm³/mol. The SMILES string of the molecule is COc1cc(CNC(=O)C2CCN(C(=O)CCOc3ccccc3)CC2)ccc1OC(F)F. The van der Waals surface area contributed by atoms with Gasteiger partial charge in [-0.3, -0.25) is 9.59 Å². The van der Waals surface area contributed by atoms with Gasteiger partial charge in [0, 0.05) is 25.6 Å². The number of para-hydroxylation sites is 1. The summed E-state index contributed by atoms with van der Waals surface area (Å²) in [6.07, 6.45) is 1.46. The molecule has 1 fully saturated rings. The second-order valence-electron chi connectivity index (χ2n) is 7.65. The molecule has 0 bridgehead atoms. The van der Waals surface area contributed by atoms with Crippen molar-refractivity contribution in [3.05, 3.63) is 54.1 Å². The van der Waals surface area contributed by atoms with Crippen LogP contribution in [0.15, 0.2) is 48.5 Å². The average molecular weight is 462 g/mol. The van der Waals surface area contributed by atoms with E-state index in [0.29, 0.717) is 44.5 Å². The Morgan fingerprint density at radius 1 is 1.09 bits per heavy atom. The number of nitrogens with zero attached hydrogens (tertiary/aromatic N) is 1. The molecule has 1 aliphatic rings. The Morgan fingerprint density at radius 3 is 2.48 bits per heavy atom. The van der Waals surface area contributed by atoms with E-state index in [9.17, 15) is 18.4 Å². The van der Waals surface area contributed by atoms with Gasteiger partial charge in [-0.05, 0) is 42.7 Å². The third-order valence-corrected chi connectivity index (χ3v) is 5.46. The summed E-state index contributed by atoms with van der Waals surface area (Å²) in [5, 5.41) is 2.87. The molecule has 2 amide bonds. The second-order valence-corrected chi connectivity index (χ2v) is 7.65. The highest BCUT2D eigenvalue weighted by atomic mass is 19.3. The highest BCUT2D eigenvalue weighted by molar-refractivity contribution is 5.80. The zero-order valence-electron chi connectivity index (χ0n) is 18.5. The summed E-state index contributed by atoms with van der Waals surface area (Å²) in [4.78, 5) is 26.7. The number of ether oxygens (including phenoxy) is 3. The number of likely N-dealkylation sites (tertiary alicyclic amines) is 1. The zero-order valence-corrected chi connectivity index (χ0v) is 18.5. The molecule has 178 valence electrons. The van der Waals surface area contributed by atoms with E-state index in [1.165, 1.54) is 13.2 Å². The molecule has 33 heavy (non-hydrogen) atoms. The first-order valence-electron chi connectivity index (χ1n) is 10.8. The predicted octanol–water partition coefficient (Wildman–Crippen LogP) is 3.62. The van der Waals surface area contributed by atoms with Crippen LogP contribution in [0.1, 0.15) is 24.8 Å². The summed E-state index contributed by atoms with van der Waals surface area (Å²) in [7, 11) is 1.36. The molecule has 2 aromatic rings. The van der Waals surface area contributed by atoms with Crippen LogP contribution >= 0.6 is 0 Å². The molecule has 0 radical (unpaired) electrons. The fraction of sp³-hybridized carbons (Fsp3) is 0.417. The summed E-state index contributed by atoms with van der Waals surface area (Å²) >= 11 is 0. The zero-order chi connectivity index (χ0) is 23.6. The Hall–Kier alpha value is -3.36. The van der Waals surface area contributed by atoms with Gasteiger partial charge < -0.3 is 24.4 Å². The number of alkyl halides is 2. The van der Waals surface area contributed by atoms with Crippen LogP contribution in [0.5, 0.6) is 17.2 Å². The monoisotopic (exact) mass is 462 g/mol. The number of benzene rings is 2. The molecule has 0 spiro atoms. The lowest BCUT2D eigenvalue weighted by Gasteiger charge is -2.31. The van der Waals surface area contributed by atoms with Crippen molar-refractivity contribution in [3.8, 4) is 17.2 Å². The van der Waals surface area contributed by atoms with Gasteiger partial charge in [-0.15, -0.1) is 0 Å². The van der Waals surface area contributed by atoms with Crippen LogP contribution in [-0.4, -0.2) is 50.1 Å². The molecule has 7 nitrogen and oxygen atoms in total. The van der Waals surface area contributed by atoms with E-state index < -0.39 is 6.61 Å². The van der Waals surface area contributed by atoms with Gasteiger partial charge >= 0.3 is 6.61 Å². The van der Waals surface area contributed by atoms with Crippen molar-refractivity contribution in [2.45, 2.75) is 32.4 Å². The molecule has 1 heterocycles. The van der Waals surface area contributed by atoms with E-state index in [1.807, 2.05) is 30.3 Å². The molecule has 0 unspecified atom stereocenters. The maximum absolute atomic E-state index is 12.6. The van der Waals surface area contributed by atoms with Gasteiger partial charge in [0.1, 0.15) is 5.75 Å². The minimum absolute atomic E-state index is 0.0167. The standard InChI is InChI=1S/C24H28F2N2O5/c1-31-21-15-17(7-8-20(21)33-24(25)26)16-27-23(30)18-9-12-28(13-10-18)22(29)11-14-32-19-5-3-2-4-6-19/h2-8,15,18,24H,9-14,16H2,1H3,(H,27,30). The van der Waals surface area contributed by atoms with Crippen molar-refractivity contribution in [2.75, 3.05) is 26.8 Å². The molecule has 3 rings (SSSR count). The van der Waals surface area contributed by atoms with Gasteiger partial charge in [-0.2, -0.15) is 8.78 Å². The molecule has 0 aliphatic carbocycles. The van der Waals surface area contributed by atoms with E-state index in [-0.39, 0.29) is 35.8 Å². The molecule has 0 atom stereocenters. The molecule has 2 aromatic carbocycles. The number of rotatable bonds is 10. The normalized spacial score (nSPS) is 14.1. The van der Waals surface area contributed by atoms with Gasteiger partial charge in [-0.25, -0.2) is 0 Å². The van der Waals surface area contributed by atoms with Crippen LogP contribution < -0.4 is 19.5 Å². The van der Waals surface area contributed by atoms with Crippen LogP contribution in [0.4, 0.5) is 8.78 Å². The highest BCUT2D eigenvalue weighted by Crippen LogP contribution is 2.29. The van der Waals surface area contributed by atoms with Crippen molar-refractivity contribution in [1.82, 2.24) is 10.2 Å². The van der Waals surface area contributed by atoms with E-state index in [0.717, 1.165) is 5.75 Å². The topological polar surface area (TPSA) is 77.1 Å². The number of nitrogens with one attached hydrogen (secondary N) is 1. The van der Waals surface area contributed by atoms with E-state index in [4.69, 9.17) is 9.47 Å². The van der Waals surface area contributed by atoms with Crippen molar-refractivity contribution in [2.24, 2.45) is 5.92 Å². The Bertz CT molecular complexity index is 918. The van der Waals surface area contributed by atoms with Crippen molar-refractivity contribution in [1.29, 1.82) is 0 Å². The number of carbonyl (C=O) groups excluding carboxylic acids is 2. The number of hydrogen-bond acceptors (Lipinski definition) is 5. The Kier molecular flexibility index (Phi) is 8.86. The molecule has 0 saturated carbocycles. The Labute approximate surface area is 191 Å². The van der Waals surface area contributed by atoms with Crippen molar-refractivity contribution >= 4 is 11.8 Å². The van der Waals surface area contributed by atoms with E-state index >= 15 is 0 Å². The van der Waals surface area contributed by atoms with Gasteiger partial charge in [0.15, 0.2) is 11.5 Å².